The van der Waals surface area contributed by atoms with Crippen LogP contribution in [0.25, 0.3) is 121 Å². The third-order valence-corrected chi connectivity index (χ3v) is 13.1. The van der Waals surface area contributed by atoms with E-state index >= 15 is 13.2 Å². The number of aromatic nitrogens is 4. The maximum atomic E-state index is 15.3. The van der Waals surface area contributed by atoms with Crippen LogP contribution in [0.1, 0.15) is 5.56 Å². The second-order valence-corrected chi connectivity index (χ2v) is 17.0. The lowest BCUT2D eigenvalue weighted by Crippen LogP contribution is -2.09. The number of hydrogen-bond acceptors (Lipinski definition) is 2. The Labute approximate surface area is 400 Å². The van der Waals surface area contributed by atoms with E-state index in [0.29, 0.717) is 16.7 Å². The number of para-hydroxylation sites is 2. The van der Waals surface area contributed by atoms with E-state index in [1.54, 1.807) is 12.1 Å². The number of halogens is 3. The lowest BCUT2D eigenvalue weighted by Gasteiger charge is -2.23. The molecule has 0 spiro atoms. The van der Waals surface area contributed by atoms with Gasteiger partial charge in [0.1, 0.15) is 0 Å². The van der Waals surface area contributed by atoms with Gasteiger partial charge >= 0.3 is 6.18 Å². The number of fused-ring (bicyclic) bond motifs is 6. The molecule has 0 unspecified atom stereocenters. The van der Waals surface area contributed by atoms with E-state index in [-0.39, 0.29) is 28.2 Å². The van der Waals surface area contributed by atoms with Crippen molar-refractivity contribution < 1.29 is 13.2 Å². The summed E-state index contributed by atoms with van der Waals surface area (Å²) in [5, 5.41) is 3.55. The van der Waals surface area contributed by atoms with Crippen LogP contribution >= 0.6 is 0 Å². The third-order valence-electron chi connectivity index (χ3n) is 13.1. The highest BCUT2D eigenvalue weighted by atomic mass is 19.4. The van der Waals surface area contributed by atoms with Crippen molar-refractivity contribution in [1.82, 2.24) is 19.1 Å². The zero-order valence-corrected chi connectivity index (χ0v) is 37.0. The maximum Gasteiger partial charge on any atom is 0.415 e. The van der Waals surface area contributed by atoms with Crippen molar-refractivity contribution in [3.63, 3.8) is 0 Å². The molecule has 0 N–H and O–H groups in total. The third kappa shape index (κ3) is 6.87. The van der Waals surface area contributed by atoms with Crippen molar-refractivity contribution >= 4 is 55.0 Å². The van der Waals surface area contributed by atoms with Gasteiger partial charge in [-0.05, 0) is 59.2 Å². The van der Waals surface area contributed by atoms with Gasteiger partial charge in [-0.2, -0.15) is 13.2 Å². The fourth-order valence-corrected chi connectivity index (χ4v) is 9.93. The van der Waals surface area contributed by atoms with Gasteiger partial charge in [0.2, 0.25) is 5.69 Å². The molecular formula is C61H35F3N6. The van der Waals surface area contributed by atoms with Crippen molar-refractivity contribution in [1.29, 1.82) is 0 Å². The van der Waals surface area contributed by atoms with Crippen LogP contribution in [0.5, 0.6) is 0 Å². The molecule has 0 aliphatic rings. The molecule has 9 heteroatoms. The normalized spacial score (nSPS) is 11.6. The lowest BCUT2D eigenvalue weighted by molar-refractivity contribution is -0.137. The number of pyridine rings is 2. The summed E-state index contributed by atoms with van der Waals surface area (Å²) in [4.78, 5) is 17.6. The van der Waals surface area contributed by atoms with Crippen LogP contribution in [0.4, 0.5) is 24.5 Å². The predicted molar refractivity (Wildman–Crippen MR) is 275 cm³/mol. The van der Waals surface area contributed by atoms with Crippen LogP contribution in [0, 0.1) is 13.1 Å². The molecule has 4 heterocycles. The minimum absolute atomic E-state index is 0.0987. The van der Waals surface area contributed by atoms with E-state index < -0.39 is 11.7 Å². The summed E-state index contributed by atoms with van der Waals surface area (Å²) in [5.41, 5.74) is 9.49. The molecule has 8 aromatic carbocycles. The Hall–Kier alpha value is -9.57. The average molecular weight is 909 g/mol. The molecule has 70 heavy (non-hydrogen) atoms. The highest BCUT2D eigenvalue weighted by Gasteiger charge is 2.36. The van der Waals surface area contributed by atoms with Crippen LogP contribution in [0.2, 0.25) is 0 Å². The largest absolute Gasteiger partial charge is 0.415 e. The van der Waals surface area contributed by atoms with Crippen LogP contribution in [-0.4, -0.2) is 19.1 Å². The topological polar surface area (TPSA) is 44.4 Å². The van der Waals surface area contributed by atoms with E-state index in [0.717, 1.165) is 83.4 Å². The van der Waals surface area contributed by atoms with E-state index in [4.69, 9.17) is 23.1 Å². The zero-order chi connectivity index (χ0) is 47.5. The fraction of sp³-hybridized carbons (Fsp3) is 0.0164. The van der Waals surface area contributed by atoms with Crippen molar-refractivity contribution in [3.05, 3.63) is 241 Å². The Morgan fingerprint density at radius 2 is 0.914 bits per heavy atom. The first-order valence-corrected chi connectivity index (χ1v) is 22.5. The van der Waals surface area contributed by atoms with Gasteiger partial charge < -0.3 is 9.13 Å². The predicted octanol–water partition coefficient (Wildman–Crippen LogP) is 17.1. The summed E-state index contributed by atoms with van der Waals surface area (Å²) in [6.07, 6.45) is -1.15. The smallest absolute Gasteiger partial charge is 0.319 e. The Bertz CT molecular complexity index is 4100. The van der Waals surface area contributed by atoms with Gasteiger partial charge in [0.25, 0.3) is 0 Å². The SMILES string of the molecule is [C-]#[N+]c1cccc(C(F)(F)F)c1-c1ccc(-n2c3ccccc3c3ccc(-c4ccc(-c5ccccc5)nc4)cc32)c([N+]#[C-])c1-n1c2ccccc2c2ccc(-c3ccc(-c4ccccc4)nc3)cc21. The number of hydrogen-bond donors (Lipinski definition) is 0. The lowest BCUT2D eigenvalue weighted by atomic mass is 9.94. The van der Waals surface area contributed by atoms with Crippen molar-refractivity contribution in [2.75, 3.05) is 0 Å². The van der Waals surface area contributed by atoms with Crippen LogP contribution in [-0.2, 0) is 6.18 Å². The zero-order valence-electron chi connectivity index (χ0n) is 37.0. The maximum absolute atomic E-state index is 15.3. The Balaban J connectivity index is 1.15. The molecule has 0 radical (unpaired) electrons. The second kappa shape index (κ2) is 16.6. The molecule has 0 amide bonds. The van der Waals surface area contributed by atoms with E-state index in [2.05, 4.69) is 27.9 Å². The summed E-state index contributed by atoms with van der Waals surface area (Å²) < 4.78 is 50.0. The first-order chi connectivity index (χ1) is 34.3. The number of nitrogens with zero attached hydrogens (tertiary/aromatic N) is 6. The molecule has 0 bridgehead atoms. The first-order valence-electron chi connectivity index (χ1n) is 22.5. The van der Waals surface area contributed by atoms with Crippen molar-refractivity contribution in [2.45, 2.75) is 6.18 Å². The van der Waals surface area contributed by atoms with E-state index in [1.807, 2.05) is 173 Å². The van der Waals surface area contributed by atoms with Crippen LogP contribution in [0.3, 0.4) is 0 Å². The minimum Gasteiger partial charge on any atom is -0.319 e. The number of alkyl halides is 3. The molecule has 0 atom stereocenters. The number of benzene rings is 8. The summed E-state index contributed by atoms with van der Waals surface area (Å²) in [6, 6.07) is 62.8. The quantitative estimate of drug-likeness (QED) is 0.150. The van der Waals surface area contributed by atoms with Gasteiger partial charge in [-0.1, -0.05) is 158 Å². The standard InChI is InChI=1S/C61H35F3N6/c1-65-52-21-13-20-49(61(62,63)64)58(52)48-30-33-55(69-53-22-11-9-18-44(53)46-28-24-40(34-56(46)69)42-26-31-50(67-36-42)38-14-5-3-6-15-38)59(66-2)60(48)70-54-23-12-10-19-45(54)47-29-25-41(35-57(47)70)43-27-32-51(68-37-43)39-16-7-4-8-17-39/h3-37H. The molecule has 6 nitrogen and oxygen atoms in total. The van der Waals surface area contributed by atoms with Gasteiger partial charge in [0.05, 0.1) is 63.5 Å². The average Bonchev–Trinajstić information content (AvgIpc) is 3.92. The molecule has 330 valence electrons. The van der Waals surface area contributed by atoms with Gasteiger partial charge in [-0.15, -0.1) is 0 Å². The highest BCUT2D eigenvalue weighted by Crippen LogP contribution is 2.51. The van der Waals surface area contributed by atoms with Gasteiger partial charge in [0.15, 0.2) is 5.69 Å². The van der Waals surface area contributed by atoms with Gasteiger partial charge in [0, 0.05) is 61.8 Å². The van der Waals surface area contributed by atoms with E-state index in [9.17, 15) is 0 Å². The monoisotopic (exact) mass is 908 g/mol. The molecule has 12 rings (SSSR count). The Kier molecular flexibility index (Phi) is 9.94. The highest BCUT2D eigenvalue weighted by molar-refractivity contribution is 6.14. The van der Waals surface area contributed by atoms with Crippen LogP contribution < -0.4 is 0 Å². The molecule has 4 aromatic heterocycles. The molecule has 0 saturated heterocycles. The summed E-state index contributed by atoms with van der Waals surface area (Å²) in [7, 11) is 0. The van der Waals surface area contributed by atoms with Crippen molar-refractivity contribution in [3.8, 4) is 67.3 Å². The second-order valence-electron chi connectivity index (χ2n) is 17.0. The Morgan fingerprint density at radius 1 is 0.414 bits per heavy atom. The van der Waals surface area contributed by atoms with Gasteiger partial charge in [-0.25, -0.2) is 9.69 Å². The summed E-state index contributed by atoms with van der Waals surface area (Å²) >= 11 is 0. The molecule has 0 aliphatic carbocycles. The van der Waals surface area contributed by atoms with Gasteiger partial charge in [-0.3, -0.25) is 9.97 Å². The van der Waals surface area contributed by atoms with Crippen molar-refractivity contribution in [2.24, 2.45) is 0 Å². The molecule has 0 aliphatic heterocycles. The molecule has 0 fully saturated rings. The Morgan fingerprint density at radius 3 is 1.43 bits per heavy atom. The summed E-state index contributed by atoms with van der Waals surface area (Å²) in [5.74, 6) is 0. The first kappa shape index (κ1) is 41.8. The number of rotatable bonds is 7. The molecule has 12 aromatic rings. The minimum atomic E-state index is -4.82. The fourth-order valence-electron chi connectivity index (χ4n) is 9.93. The van der Waals surface area contributed by atoms with Crippen LogP contribution in [0.15, 0.2) is 213 Å². The van der Waals surface area contributed by atoms with E-state index in [1.165, 1.54) is 12.1 Å². The molecular weight excluding hydrogens is 874 g/mol. The summed E-state index contributed by atoms with van der Waals surface area (Å²) in [6.45, 7) is 17.3. The molecule has 0 saturated carbocycles.